The molecule has 2 amide bonds. The molecule has 1 fully saturated rings. The number of anilines is 1. The van der Waals surface area contributed by atoms with Gasteiger partial charge in [0.1, 0.15) is 17.4 Å². The van der Waals surface area contributed by atoms with Gasteiger partial charge in [0, 0.05) is 6.42 Å². The van der Waals surface area contributed by atoms with Gasteiger partial charge in [-0.2, -0.15) is 5.26 Å². The van der Waals surface area contributed by atoms with E-state index >= 15 is 0 Å². The number of rotatable bonds is 1. The third-order valence-corrected chi connectivity index (χ3v) is 2.97. The molecule has 4 nitrogen and oxygen atoms in total. The first-order valence-corrected chi connectivity index (χ1v) is 5.44. The topological polar surface area (TPSA) is 61.2 Å². The molecule has 5 heteroatoms. The first-order valence-electron chi connectivity index (χ1n) is 5.44. The molecule has 2 rings (SSSR count). The smallest absolute Gasteiger partial charge is 0.239 e. The number of halogens is 1. The minimum absolute atomic E-state index is 0.0260. The Morgan fingerprint density at radius 3 is 2.56 bits per heavy atom. The Bertz CT molecular complexity index is 587. The average Bonchev–Trinajstić information content (AvgIpc) is 2.48. The van der Waals surface area contributed by atoms with E-state index in [0.717, 1.165) is 11.0 Å². The highest BCUT2D eigenvalue weighted by atomic mass is 19.1. The highest BCUT2D eigenvalue weighted by Crippen LogP contribution is 2.36. The van der Waals surface area contributed by atoms with Crippen LogP contribution in [0.4, 0.5) is 10.1 Å². The largest absolute Gasteiger partial charge is 0.274 e. The maximum Gasteiger partial charge on any atom is 0.239 e. The van der Waals surface area contributed by atoms with E-state index in [4.69, 9.17) is 5.26 Å². The second-order valence-corrected chi connectivity index (χ2v) is 4.84. The highest BCUT2D eigenvalue weighted by Gasteiger charge is 2.46. The number of benzene rings is 1. The summed E-state index contributed by atoms with van der Waals surface area (Å²) in [6.45, 7) is 3.30. The predicted molar refractivity (Wildman–Crippen MR) is 62.0 cm³/mol. The summed E-state index contributed by atoms with van der Waals surface area (Å²) in [5.41, 5.74) is -1.06. The number of hydrogen-bond donors (Lipinski definition) is 0. The van der Waals surface area contributed by atoms with Crippen LogP contribution in [0, 0.1) is 22.6 Å². The first kappa shape index (κ1) is 12.2. The Kier molecular flexibility index (Phi) is 2.66. The van der Waals surface area contributed by atoms with Gasteiger partial charge in [0.2, 0.25) is 11.8 Å². The summed E-state index contributed by atoms with van der Waals surface area (Å²) < 4.78 is 13.5. The molecule has 0 aromatic heterocycles. The van der Waals surface area contributed by atoms with Crippen LogP contribution in [0.2, 0.25) is 0 Å². The second-order valence-electron chi connectivity index (χ2n) is 4.84. The molecule has 1 aliphatic heterocycles. The summed E-state index contributed by atoms with van der Waals surface area (Å²) in [5.74, 6) is -1.55. The monoisotopic (exact) mass is 246 g/mol. The summed E-state index contributed by atoms with van der Waals surface area (Å²) in [4.78, 5) is 24.8. The van der Waals surface area contributed by atoms with E-state index in [2.05, 4.69) is 0 Å². The Morgan fingerprint density at radius 2 is 2.06 bits per heavy atom. The molecular formula is C13H11FN2O2. The summed E-state index contributed by atoms with van der Waals surface area (Å²) >= 11 is 0. The molecule has 0 unspecified atom stereocenters. The van der Waals surface area contributed by atoms with Crippen LogP contribution in [-0.4, -0.2) is 11.8 Å². The van der Waals surface area contributed by atoms with E-state index < -0.39 is 23.0 Å². The van der Waals surface area contributed by atoms with Crippen LogP contribution in [0.25, 0.3) is 0 Å². The van der Waals surface area contributed by atoms with E-state index in [1.165, 1.54) is 12.1 Å². The number of carbonyl (C=O) groups excluding carboxylic acids is 2. The van der Waals surface area contributed by atoms with Crippen LogP contribution >= 0.6 is 0 Å². The van der Waals surface area contributed by atoms with Crippen LogP contribution in [0.15, 0.2) is 18.2 Å². The van der Waals surface area contributed by atoms with Gasteiger partial charge in [0.15, 0.2) is 0 Å². The molecule has 0 radical (unpaired) electrons. The third kappa shape index (κ3) is 1.66. The predicted octanol–water partition coefficient (Wildman–Crippen LogP) is 1.99. The molecule has 0 aliphatic carbocycles. The van der Waals surface area contributed by atoms with E-state index in [1.807, 2.05) is 0 Å². The van der Waals surface area contributed by atoms with Crippen molar-refractivity contribution < 1.29 is 14.0 Å². The lowest BCUT2D eigenvalue weighted by Gasteiger charge is -2.18. The summed E-state index contributed by atoms with van der Waals surface area (Å²) in [6.07, 6.45) is 0.0627. The normalized spacial score (nSPS) is 18.0. The Morgan fingerprint density at radius 1 is 1.39 bits per heavy atom. The number of hydrogen-bond acceptors (Lipinski definition) is 3. The third-order valence-electron chi connectivity index (χ3n) is 2.97. The van der Waals surface area contributed by atoms with E-state index in [-0.39, 0.29) is 17.7 Å². The first-order chi connectivity index (χ1) is 8.38. The summed E-state index contributed by atoms with van der Waals surface area (Å²) in [5, 5.41) is 8.92. The summed E-state index contributed by atoms with van der Waals surface area (Å²) in [6, 6.07) is 5.59. The van der Waals surface area contributed by atoms with Crippen molar-refractivity contribution in [3.8, 4) is 6.07 Å². The lowest BCUT2D eigenvalue weighted by Crippen LogP contribution is -2.33. The van der Waals surface area contributed by atoms with Crippen molar-refractivity contribution in [1.29, 1.82) is 5.26 Å². The van der Waals surface area contributed by atoms with Gasteiger partial charge in [-0.25, -0.2) is 9.29 Å². The fraction of sp³-hybridized carbons (Fsp3) is 0.308. The fourth-order valence-corrected chi connectivity index (χ4v) is 2.00. The van der Waals surface area contributed by atoms with E-state index in [9.17, 15) is 14.0 Å². The zero-order valence-electron chi connectivity index (χ0n) is 10.0. The molecule has 1 heterocycles. The number of carbonyl (C=O) groups is 2. The molecule has 1 aromatic rings. The average molecular weight is 246 g/mol. The fourth-order valence-electron chi connectivity index (χ4n) is 2.00. The molecular weight excluding hydrogens is 235 g/mol. The molecule has 1 aromatic carbocycles. The Hall–Kier alpha value is -2.22. The molecule has 0 bridgehead atoms. The Balaban J connectivity index is 2.58. The zero-order chi connectivity index (χ0) is 13.5. The van der Waals surface area contributed by atoms with Crippen molar-refractivity contribution in [3.63, 3.8) is 0 Å². The van der Waals surface area contributed by atoms with Crippen LogP contribution in [0.5, 0.6) is 0 Å². The minimum Gasteiger partial charge on any atom is -0.274 e. The van der Waals surface area contributed by atoms with Gasteiger partial charge in [-0.1, -0.05) is 19.9 Å². The van der Waals surface area contributed by atoms with Gasteiger partial charge >= 0.3 is 0 Å². The zero-order valence-corrected chi connectivity index (χ0v) is 10.0. The summed E-state index contributed by atoms with van der Waals surface area (Å²) in [7, 11) is 0. The molecule has 0 saturated carbocycles. The molecule has 18 heavy (non-hydrogen) atoms. The van der Waals surface area contributed by atoms with Crippen molar-refractivity contribution in [2.45, 2.75) is 20.3 Å². The molecule has 92 valence electrons. The van der Waals surface area contributed by atoms with Crippen LogP contribution in [0.3, 0.4) is 0 Å². The van der Waals surface area contributed by atoms with Crippen LogP contribution in [-0.2, 0) is 9.59 Å². The standard InChI is InChI=1S/C13H11FN2O2/c1-13(2)6-11(17)16(12(13)18)10-5-3-4-9(14)8(10)7-15/h3-5H,6H2,1-2H3. The molecule has 0 atom stereocenters. The second kappa shape index (κ2) is 3.91. The lowest BCUT2D eigenvalue weighted by atomic mass is 9.92. The van der Waals surface area contributed by atoms with Crippen molar-refractivity contribution in [2.75, 3.05) is 4.90 Å². The SMILES string of the molecule is CC1(C)CC(=O)N(c2cccc(F)c2C#N)C1=O. The number of nitriles is 1. The molecule has 1 aliphatic rings. The van der Waals surface area contributed by atoms with Crippen molar-refractivity contribution in [2.24, 2.45) is 5.41 Å². The van der Waals surface area contributed by atoms with Crippen LogP contribution < -0.4 is 4.90 Å². The van der Waals surface area contributed by atoms with Crippen molar-refractivity contribution in [1.82, 2.24) is 0 Å². The van der Waals surface area contributed by atoms with Gasteiger partial charge in [-0.05, 0) is 12.1 Å². The number of nitrogens with zero attached hydrogens (tertiary/aromatic N) is 2. The van der Waals surface area contributed by atoms with Crippen LogP contribution in [0.1, 0.15) is 25.8 Å². The van der Waals surface area contributed by atoms with Crippen molar-refractivity contribution in [3.05, 3.63) is 29.6 Å². The minimum atomic E-state index is -0.809. The molecule has 0 N–H and O–H groups in total. The van der Waals surface area contributed by atoms with Gasteiger partial charge in [0.25, 0.3) is 0 Å². The van der Waals surface area contributed by atoms with Crippen molar-refractivity contribution >= 4 is 17.5 Å². The number of amides is 2. The molecule has 1 saturated heterocycles. The molecule has 0 spiro atoms. The van der Waals surface area contributed by atoms with Gasteiger partial charge in [-0.3, -0.25) is 9.59 Å². The Labute approximate surface area is 104 Å². The quantitative estimate of drug-likeness (QED) is 0.712. The lowest BCUT2D eigenvalue weighted by molar-refractivity contribution is -0.124. The van der Waals surface area contributed by atoms with Gasteiger partial charge in [0.05, 0.1) is 11.1 Å². The van der Waals surface area contributed by atoms with E-state index in [0.29, 0.717) is 0 Å². The maximum atomic E-state index is 13.5. The van der Waals surface area contributed by atoms with E-state index in [1.54, 1.807) is 19.9 Å². The highest BCUT2D eigenvalue weighted by molar-refractivity contribution is 6.22. The number of imide groups is 1. The van der Waals surface area contributed by atoms with Gasteiger partial charge < -0.3 is 0 Å². The maximum absolute atomic E-state index is 13.5. The van der Waals surface area contributed by atoms with Gasteiger partial charge in [-0.15, -0.1) is 0 Å².